The van der Waals surface area contributed by atoms with Gasteiger partial charge in [0, 0.05) is 20.1 Å². The van der Waals surface area contributed by atoms with Crippen molar-refractivity contribution in [1.82, 2.24) is 5.32 Å². The van der Waals surface area contributed by atoms with Gasteiger partial charge in [0.2, 0.25) is 0 Å². The third-order valence-corrected chi connectivity index (χ3v) is 3.09. The molecule has 0 radical (unpaired) electrons. The first-order chi connectivity index (χ1) is 9.20. The van der Waals surface area contributed by atoms with Crippen molar-refractivity contribution in [2.24, 2.45) is 0 Å². The monoisotopic (exact) mass is 258 g/mol. The van der Waals surface area contributed by atoms with E-state index in [2.05, 4.69) is 29.6 Å². The van der Waals surface area contributed by atoms with Crippen molar-refractivity contribution >= 4 is 5.69 Å². The quantitative estimate of drug-likeness (QED) is 0.886. The molecule has 0 aliphatic rings. The smallest absolute Gasteiger partial charge is 0.146 e. The summed E-state index contributed by atoms with van der Waals surface area (Å²) in [5.74, 6) is -0.184. The average Bonchev–Trinajstić information content (AvgIpc) is 2.42. The number of para-hydroxylation sites is 1. The molecule has 0 aliphatic carbocycles. The first-order valence-corrected chi connectivity index (χ1v) is 6.39. The predicted octanol–water partition coefficient (Wildman–Crippen LogP) is 3.18. The van der Waals surface area contributed by atoms with Crippen LogP contribution in [0.2, 0.25) is 0 Å². The van der Waals surface area contributed by atoms with Crippen molar-refractivity contribution in [2.75, 3.05) is 19.0 Å². The van der Waals surface area contributed by atoms with Gasteiger partial charge in [-0.2, -0.15) is 0 Å². The van der Waals surface area contributed by atoms with Crippen molar-refractivity contribution in [3.8, 4) is 0 Å². The van der Waals surface area contributed by atoms with Crippen LogP contribution in [-0.4, -0.2) is 14.1 Å². The molecule has 0 spiro atoms. The third kappa shape index (κ3) is 3.55. The zero-order chi connectivity index (χ0) is 13.7. The Labute approximate surface area is 113 Å². The molecule has 0 amide bonds. The van der Waals surface area contributed by atoms with E-state index in [0.29, 0.717) is 12.2 Å². The zero-order valence-electron chi connectivity index (χ0n) is 11.4. The van der Waals surface area contributed by atoms with E-state index in [1.807, 2.05) is 25.1 Å². The Kier molecular flexibility index (Phi) is 4.53. The minimum atomic E-state index is -0.184. The summed E-state index contributed by atoms with van der Waals surface area (Å²) in [6.07, 6.45) is 0. The van der Waals surface area contributed by atoms with Crippen LogP contribution >= 0.6 is 0 Å². The van der Waals surface area contributed by atoms with Crippen LogP contribution in [-0.2, 0) is 13.1 Å². The highest BCUT2D eigenvalue weighted by Crippen LogP contribution is 2.19. The fourth-order valence-electron chi connectivity index (χ4n) is 2.09. The minimum Gasteiger partial charge on any atom is -0.368 e. The number of halogens is 1. The fourth-order valence-corrected chi connectivity index (χ4v) is 2.09. The largest absolute Gasteiger partial charge is 0.368 e. The molecule has 2 rings (SSSR count). The maximum atomic E-state index is 13.7. The molecule has 2 aromatic rings. The van der Waals surface area contributed by atoms with Crippen molar-refractivity contribution in [1.29, 1.82) is 0 Å². The third-order valence-electron chi connectivity index (χ3n) is 3.09. The number of hydrogen-bond acceptors (Lipinski definition) is 2. The van der Waals surface area contributed by atoms with Gasteiger partial charge in [0.15, 0.2) is 0 Å². The summed E-state index contributed by atoms with van der Waals surface area (Å²) in [4.78, 5) is 1.92. The van der Waals surface area contributed by atoms with E-state index in [0.717, 1.165) is 6.54 Å². The number of nitrogens with one attached hydrogen (secondary N) is 1. The van der Waals surface area contributed by atoms with E-state index in [1.54, 1.807) is 12.1 Å². The molecule has 0 unspecified atom stereocenters. The molecule has 19 heavy (non-hydrogen) atoms. The first kappa shape index (κ1) is 13.6. The molecule has 2 nitrogen and oxygen atoms in total. The Morgan fingerprint density at radius 1 is 1.00 bits per heavy atom. The molecule has 2 aromatic carbocycles. The highest BCUT2D eigenvalue weighted by Gasteiger charge is 2.06. The van der Waals surface area contributed by atoms with Gasteiger partial charge in [0.1, 0.15) is 5.82 Å². The van der Waals surface area contributed by atoms with Crippen LogP contribution in [0.1, 0.15) is 11.1 Å². The van der Waals surface area contributed by atoms with Gasteiger partial charge in [0.05, 0.1) is 5.69 Å². The van der Waals surface area contributed by atoms with E-state index >= 15 is 0 Å². The molecule has 0 aromatic heterocycles. The molecule has 0 bridgehead atoms. The predicted molar refractivity (Wildman–Crippen MR) is 77.7 cm³/mol. The van der Waals surface area contributed by atoms with Crippen LogP contribution < -0.4 is 10.2 Å². The molecule has 3 heteroatoms. The normalized spacial score (nSPS) is 10.5. The van der Waals surface area contributed by atoms with Gasteiger partial charge < -0.3 is 10.2 Å². The molecule has 0 saturated heterocycles. The Bertz CT molecular complexity index is 523. The second-order valence-corrected chi connectivity index (χ2v) is 4.65. The lowest BCUT2D eigenvalue weighted by molar-refractivity contribution is 0.622. The van der Waals surface area contributed by atoms with Gasteiger partial charge in [-0.05, 0) is 30.3 Å². The van der Waals surface area contributed by atoms with E-state index < -0.39 is 0 Å². The summed E-state index contributed by atoms with van der Waals surface area (Å²) in [6.45, 7) is 1.56. The molecule has 100 valence electrons. The van der Waals surface area contributed by atoms with Crippen LogP contribution in [0.4, 0.5) is 10.1 Å². The van der Waals surface area contributed by atoms with Gasteiger partial charge in [0.25, 0.3) is 0 Å². The molecule has 0 heterocycles. The molecule has 0 saturated carbocycles. The van der Waals surface area contributed by atoms with Crippen molar-refractivity contribution < 1.29 is 4.39 Å². The summed E-state index contributed by atoms with van der Waals surface area (Å²) >= 11 is 0. The second-order valence-electron chi connectivity index (χ2n) is 4.65. The summed E-state index contributed by atoms with van der Waals surface area (Å²) in [5, 5.41) is 3.12. The van der Waals surface area contributed by atoms with Crippen LogP contribution in [0.5, 0.6) is 0 Å². The summed E-state index contributed by atoms with van der Waals surface area (Å²) in [6, 6.07) is 15.2. The van der Waals surface area contributed by atoms with Gasteiger partial charge in [-0.25, -0.2) is 4.39 Å². The zero-order valence-corrected chi connectivity index (χ0v) is 11.4. The molecule has 1 N–H and O–H groups in total. The minimum absolute atomic E-state index is 0.184. The number of rotatable bonds is 5. The van der Waals surface area contributed by atoms with E-state index in [-0.39, 0.29) is 5.82 Å². The highest BCUT2D eigenvalue weighted by molar-refractivity contribution is 5.47. The van der Waals surface area contributed by atoms with Gasteiger partial charge in [-0.3, -0.25) is 0 Å². The maximum absolute atomic E-state index is 13.7. The molecular weight excluding hydrogens is 239 g/mol. The van der Waals surface area contributed by atoms with Crippen LogP contribution in [0.25, 0.3) is 0 Å². The molecule has 0 atom stereocenters. The van der Waals surface area contributed by atoms with Gasteiger partial charge in [-0.1, -0.05) is 36.4 Å². The van der Waals surface area contributed by atoms with Crippen LogP contribution in [0.3, 0.4) is 0 Å². The molecule has 0 fully saturated rings. The summed E-state index contributed by atoms with van der Waals surface area (Å²) in [5.41, 5.74) is 3.05. The van der Waals surface area contributed by atoms with Crippen molar-refractivity contribution in [3.05, 3.63) is 65.5 Å². The fraction of sp³-hybridized carbons (Fsp3) is 0.250. The lowest BCUT2D eigenvalue weighted by atomic mass is 10.1. The van der Waals surface area contributed by atoms with Gasteiger partial charge >= 0.3 is 0 Å². The lowest BCUT2D eigenvalue weighted by Gasteiger charge is -2.20. The van der Waals surface area contributed by atoms with Crippen molar-refractivity contribution in [2.45, 2.75) is 13.1 Å². The summed E-state index contributed by atoms with van der Waals surface area (Å²) < 4.78 is 13.7. The topological polar surface area (TPSA) is 15.3 Å². The Hall–Kier alpha value is -1.87. The lowest BCUT2D eigenvalue weighted by Crippen LogP contribution is -2.17. The maximum Gasteiger partial charge on any atom is 0.146 e. The summed E-state index contributed by atoms with van der Waals surface area (Å²) in [7, 11) is 3.83. The van der Waals surface area contributed by atoms with Gasteiger partial charge in [-0.15, -0.1) is 0 Å². The first-order valence-electron chi connectivity index (χ1n) is 6.39. The number of benzene rings is 2. The van der Waals surface area contributed by atoms with Crippen LogP contribution in [0.15, 0.2) is 48.5 Å². The Morgan fingerprint density at radius 3 is 2.26 bits per heavy atom. The van der Waals surface area contributed by atoms with E-state index in [9.17, 15) is 4.39 Å². The number of nitrogens with zero attached hydrogens (tertiary/aromatic N) is 1. The molecule has 0 aliphatic heterocycles. The highest BCUT2D eigenvalue weighted by atomic mass is 19.1. The SMILES string of the molecule is CNCc1ccc(CN(C)c2ccccc2F)cc1. The molecular formula is C16H19FN2. The average molecular weight is 258 g/mol. The number of anilines is 1. The Morgan fingerprint density at radius 2 is 1.63 bits per heavy atom. The Balaban J connectivity index is 2.06. The second kappa shape index (κ2) is 6.34. The van der Waals surface area contributed by atoms with E-state index in [1.165, 1.54) is 17.2 Å². The number of hydrogen-bond donors (Lipinski definition) is 1. The van der Waals surface area contributed by atoms with Crippen molar-refractivity contribution in [3.63, 3.8) is 0 Å². The van der Waals surface area contributed by atoms with E-state index in [4.69, 9.17) is 0 Å². The standard InChI is InChI=1S/C16H19FN2/c1-18-11-13-7-9-14(10-8-13)12-19(2)16-6-4-3-5-15(16)17/h3-10,18H,11-12H2,1-2H3. The van der Waals surface area contributed by atoms with Crippen LogP contribution in [0, 0.1) is 5.82 Å².